The van der Waals surface area contributed by atoms with Crippen molar-refractivity contribution in [3.8, 4) is 5.75 Å². The summed E-state index contributed by atoms with van der Waals surface area (Å²) in [7, 11) is 1.09. The number of pyridine rings is 1. The molecule has 2 saturated heterocycles. The van der Waals surface area contributed by atoms with Crippen molar-refractivity contribution in [3.05, 3.63) is 59.8 Å². The fraction of sp³-hybridized carbons (Fsp3) is 0.364. The summed E-state index contributed by atoms with van der Waals surface area (Å²) < 4.78 is 19.5. The van der Waals surface area contributed by atoms with Crippen LogP contribution in [0.1, 0.15) is 12.5 Å². The van der Waals surface area contributed by atoms with Crippen molar-refractivity contribution in [2.45, 2.75) is 13.3 Å². The van der Waals surface area contributed by atoms with Crippen LogP contribution in [0.4, 0.5) is 28.7 Å². The number of nitrogens with one attached hydrogen (secondary N) is 2. The molecule has 0 aliphatic carbocycles. The van der Waals surface area contributed by atoms with Gasteiger partial charge in [-0.15, -0.1) is 0 Å². The highest BCUT2D eigenvalue weighted by Crippen LogP contribution is 2.44. The molecule has 2 aromatic carbocycles. The van der Waals surface area contributed by atoms with Crippen molar-refractivity contribution in [1.29, 1.82) is 0 Å². The molecule has 2 N–H and O–H groups in total. The Kier molecular flexibility index (Phi) is 7.95. The molecule has 0 spiro atoms. The lowest BCUT2D eigenvalue weighted by atomic mass is 10.0. The van der Waals surface area contributed by atoms with Crippen molar-refractivity contribution in [2.75, 3.05) is 69.2 Å². The summed E-state index contributed by atoms with van der Waals surface area (Å²) in [6.07, 6.45) is 7.23. The number of hydrogen-bond acceptors (Lipinski definition) is 11. The van der Waals surface area contributed by atoms with Crippen LogP contribution in [0.25, 0.3) is 21.9 Å². The summed E-state index contributed by atoms with van der Waals surface area (Å²) in [6.45, 7) is 10.0. The van der Waals surface area contributed by atoms with Crippen LogP contribution in [-0.4, -0.2) is 83.5 Å². The van der Waals surface area contributed by atoms with Crippen LogP contribution in [0.5, 0.6) is 5.75 Å². The first-order valence-electron chi connectivity index (χ1n) is 15.4. The van der Waals surface area contributed by atoms with Crippen LogP contribution < -0.4 is 25.6 Å². The van der Waals surface area contributed by atoms with Gasteiger partial charge in [0.2, 0.25) is 0 Å². The molecule has 7 rings (SSSR count). The largest absolute Gasteiger partial charge is 0.494 e. The normalized spacial score (nSPS) is 18.3. The van der Waals surface area contributed by atoms with Gasteiger partial charge in [-0.25, -0.2) is 15.0 Å². The number of rotatable bonds is 8. The van der Waals surface area contributed by atoms with E-state index in [-0.39, 0.29) is 0 Å². The van der Waals surface area contributed by atoms with Gasteiger partial charge in [-0.1, -0.05) is 18.5 Å². The number of methoxy groups -OCH3 is 1. The highest BCUT2D eigenvalue weighted by Gasteiger charge is 2.39. The molecule has 0 bridgehead atoms. The lowest BCUT2D eigenvalue weighted by Gasteiger charge is -2.26. The van der Waals surface area contributed by atoms with Gasteiger partial charge in [-0.3, -0.25) is 9.97 Å². The summed E-state index contributed by atoms with van der Waals surface area (Å²) in [4.78, 5) is 27.6. The molecule has 5 aromatic rings. The van der Waals surface area contributed by atoms with Crippen LogP contribution in [0.3, 0.4) is 0 Å². The molecule has 2 aliphatic rings. The molecule has 2 aliphatic heterocycles. The zero-order valence-corrected chi connectivity index (χ0v) is 28.2. The molecule has 2 fully saturated rings. The van der Waals surface area contributed by atoms with Crippen molar-refractivity contribution in [1.82, 2.24) is 29.8 Å². The van der Waals surface area contributed by atoms with Crippen LogP contribution in [0.15, 0.2) is 49.2 Å². The van der Waals surface area contributed by atoms with Crippen molar-refractivity contribution in [2.24, 2.45) is 11.8 Å². The third kappa shape index (κ3) is 5.50. The Balaban J connectivity index is 1.29. The highest BCUT2D eigenvalue weighted by molar-refractivity contribution is 7.71. The number of nitrogens with zero attached hydrogens (tertiary/aromatic N) is 7. The fourth-order valence-corrected chi connectivity index (χ4v) is 8.62. The van der Waals surface area contributed by atoms with Gasteiger partial charge in [0.25, 0.3) is 0 Å². The molecular formula is C33H37ClN9O2P. The predicted molar refractivity (Wildman–Crippen MR) is 187 cm³/mol. The number of aryl methyl sites for hydroxylation is 1. The van der Waals surface area contributed by atoms with E-state index >= 15 is 0 Å². The number of benzene rings is 2. The molecule has 0 amide bonds. The van der Waals surface area contributed by atoms with E-state index in [9.17, 15) is 4.57 Å². The molecular weight excluding hydrogens is 621 g/mol. The van der Waals surface area contributed by atoms with Crippen LogP contribution >= 0.6 is 18.7 Å². The van der Waals surface area contributed by atoms with Gasteiger partial charge in [-0.2, -0.15) is 0 Å². The standard InChI is InChI=1S/C33H37ClN9O2P/c1-6-19-11-25(27(45-3)12-26(19)43-16-20-14-42(2)15-21(20)17-43)40-33-29-22(13-35-18-38-29)28(34)32(41-33)39-24-8-7-23-30(37-10-9-36-23)31(24)46(4,5)44/h7-13,18,20-21H,6,14-17H2,1-5H3,(H2,39,40,41)/t20-,21+. The van der Waals surface area contributed by atoms with Gasteiger partial charge in [0, 0.05) is 61.9 Å². The maximum Gasteiger partial charge on any atom is 0.159 e. The molecule has 3 aromatic heterocycles. The molecule has 5 heterocycles. The third-order valence-corrected chi connectivity index (χ3v) is 11.0. The smallest absolute Gasteiger partial charge is 0.159 e. The lowest BCUT2D eigenvalue weighted by molar-refractivity contribution is 0.387. The van der Waals surface area contributed by atoms with E-state index in [1.54, 1.807) is 39.0 Å². The average Bonchev–Trinajstić information content (AvgIpc) is 3.59. The van der Waals surface area contributed by atoms with E-state index in [0.717, 1.165) is 38.3 Å². The number of ether oxygens (including phenoxy) is 1. The van der Waals surface area contributed by atoms with Gasteiger partial charge >= 0.3 is 0 Å². The number of aromatic nitrogens is 5. The Labute approximate surface area is 273 Å². The summed E-state index contributed by atoms with van der Waals surface area (Å²) in [5, 5.41) is 8.40. The van der Waals surface area contributed by atoms with E-state index in [2.05, 4.69) is 66.5 Å². The van der Waals surface area contributed by atoms with Gasteiger partial charge in [0.1, 0.15) is 30.3 Å². The van der Waals surface area contributed by atoms with Gasteiger partial charge in [0.15, 0.2) is 11.6 Å². The summed E-state index contributed by atoms with van der Waals surface area (Å²) in [5.74, 6) is 2.94. The predicted octanol–water partition coefficient (Wildman–Crippen LogP) is 5.93. The topological polar surface area (TPSA) is 121 Å². The zero-order chi connectivity index (χ0) is 32.2. The molecule has 0 radical (unpaired) electrons. The van der Waals surface area contributed by atoms with E-state index in [1.807, 2.05) is 12.1 Å². The van der Waals surface area contributed by atoms with E-state index in [0.29, 0.717) is 67.2 Å². The summed E-state index contributed by atoms with van der Waals surface area (Å²) >= 11 is 6.94. The molecule has 0 saturated carbocycles. The maximum atomic E-state index is 13.6. The molecule has 238 valence electrons. The number of likely N-dealkylation sites (tertiary alicyclic amines) is 1. The molecule has 13 heteroatoms. The molecule has 11 nitrogen and oxygen atoms in total. The molecule has 0 unspecified atom stereocenters. The van der Waals surface area contributed by atoms with Gasteiger partial charge < -0.3 is 29.7 Å². The summed E-state index contributed by atoms with van der Waals surface area (Å²) in [5.41, 5.74) is 5.61. The maximum absolute atomic E-state index is 13.6. The summed E-state index contributed by atoms with van der Waals surface area (Å²) in [6, 6.07) is 7.96. The first kappa shape index (κ1) is 30.6. The quantitative estimate of drug-likeness (QED) is 0.193. The van der Waals surface area contributed by atoms with E-state index < -0.39 is 7.14 Å². The lowest BCUT2D eigenvalue weighted by Crippen LogP contribution is -2.27. The first-order valence-corrected chi connectivity index (χ1v) is 18.4. The number of halogens is 1. The Morgan fingerprint density at radius 1 is 0.978 bits per heavy atom. The monoisotopic (exact) mass is 657 g/mol. The second-order valence-electron chi connectivity index (χ2n) is 12.6. The Morgan fingerprint density at radius 3 is 2.43 bits per heavy atom. The van der Waals surface area contributed by atoms with Crippen molar-refractivity contribution < 1.29 is 9.30 Å². The number of anilines is 5. The van der Waals surface area contributed by atoms with Crippen LogP contribution in [-0.2, 0) is 11.0 Å². The van der Waals surface area contributed by atoms with Crippen LogP contribution in [0, 0.1) is 11.8 Å². The second kappa shape index (κ2) is 12.0. The second-order valence-corrected chi connectivity index (χ2v) is 16.1. The van der Waals surface area contributed by atoms with Gasteiger partial charge in [0.05, 0.1) is 34.3 Å². The SMILES string of the molecule is CCc1cc(Nc2nc(Nc3ccc4nccnc4c3P(C)(C)=O)c(Cl)c3cncnc23)c(OC)cc1N1C[C@H]2CN(C)C[C@H]2C1. The minimum atomic E-state index is -2.81. The molecule has 46 heavy (non-hydrogen) atoms. The molecule has 2 atom stereocenters. The highest BCUT2D eigenvalue weighted by atomic mass is 35.5. The van der Waals surface area contributed by atoms with Crippen LogP contribution in [0.2, 0.25) is 5.02 Å². The minimum Gasteiger partial charge on any atom is -0.494 e. The van der Waals surface area contributed by atoms with E-state index in [4.69, 9.17) is 21.3 Å². The Bertz CT molecular complexity index is 2010. The number of fused-ring (bicyclic) bond motifs is 3. The number of hydrogen-bond donors (Lipinski definition) is 2. The Morgan fingerprint density at radius 2 is 1.72 bits per heavy atom. The van der Waals surface area contributed by atoms with E-state index in [1.165, 1.54) is 17.6 Å². The van der Waals surface area contributed by atoms with Crippen molar-refractivity contribution in [3.63, 3.8) is 0 Å². The Hall–Kier alpha value is -4.05. The fourth-order valence-electron chi connectivity index (χ4n) is 7.00. The minimum absolute atomic E-state index is 0.343. The van der Waals surface area contributed by atoms with Gasteiger partial charge in [-0.05, 0) is 62.4 Å². The third-order valence-electron chi connectivity index (χ3n) is 9.05. The average molecular weight is 658 g/mol. The zero-order valence-electron chi connectivity index (χ0n) is 26.6. The van der Waals surface area contributed by atoms with Crippen molar-refractivity contribution >= 4 is 74.7 Å². The first-order chi connectivity index (χ1) is 22.1.